The summed E-state index contributed by atoms with van der Waals surface area (Å²) in [4.78, 5) is 0. The van der Waals surface area contributed by atoms with E-state index in [2.05, 4.69) is 0 Å². The molecule has 3 N–H and O–H groups in total. The van der Waals surface area contributed by atoms with E-state index in [1.165, 1.54) is 0 Å². The highest BCUT2D eigenvalue weighted by molar-refractivity contribution is 7.86. The molecule has 0 radical (unpaired) electrons. The predicted octanol–water partition coefficient (Wildman–Crippen LogP) is 1.45. The van der Waals surface area contributed by atoms with Gasteiger partial charge < -0.3 is 29.0 Å². The minimum absolute atomic E-state index is 0.175. The molecular formula is C21H26O8S. The molecule has 1 aliphatic heterocycles. The van der Waals surface area contributed by atoms with Gasteiger partial charge in [-0.25, -0.2) is 0 Å². The van der Waals surface area contributed by atoms with Gasteiger partial charge in [-0.2, -0.15) is 8.42 Å². The fourth-order valence-electron chi connectivity index (χ4n) is 3.39. The van der Waals surface area contributed by atoms with Gasteiger partial charge in [-0.15, -0.1) is 0 Å². The molecule has 2 aromatic carbocycles. The van der Waals surface area contributed by atoms with E-state index in [4.69, 9.17) is 13.7 Å². The SMILES string of the molecule is Cc1ccc(OS(C)(=O)=O)cc1-c1ccccc1O[C@@H]1OC(CO)[C@H](O)[C@H](O)C1C. The first-order valence-corrected chi connectivity index (χ1v) is 11.3. The first-order chi connectivity index (χ1) is 14.1. The maximum Gasteiger partial charge on any atom is 0.306 e. The van der Waals surface area contributed by atoms with Crippen molar-refractivity contribution in [1.82, 2.24) is 0 Å². The Morgan fingerprint density at radius 3 is 2.43 bits per heavy atom. The quantitative estimate of drug-likeness (QED) is 0.580. The second kappa shape index (κ2) is 8.91. The first-order valence-electron chi connectivity index (χ1n) is 9.49. The van der Waals surface area contributed by atoms with Crippen molar-refractivity contribution in [3.8, 4) is 22.6 Å². The van der Waals surface area contributed by atoms with Crippen molar-refractivity contribution in [2.45, 2.75) is 38.4 Å². The number of benzene rings is 2. The normalized spacial score (nSPS) is 26.9. The average molecular weight is 438 g/mol. The minimum Gasteiger partial charge on any atom is -0.464 e. The zero-order valence-electron chi connectivity index (χ0n) is 16.9. The molecule has 3 rings (SSSR count). The molecule has 1 fully saturated rings. The zero-order chi connectivity index (χ0) is 22.1. The van der Waals surface area contributed by atoms with Crippen molar-refractivity contribution in [2.75, 3.05) is 12.9 Å². The summed E-state index contributed by atoms with van der Waals surface area (Å²) in [6, 6.07) is 12.0. The largest absolute Gasteiger partial charge is 0.464 e. The van der Waals surface area contributed by atoms with Crippen LogP contribution in [0.5, 0.6) is 11.5 Å². The Hall–Kier alpha value is -2.17. The Morgan fingerprint density at radius 2 is 1.77 bits per heavy atom. The molecule has 0 aliphatic carbocycles. The molecule has 1 saturated heterocycles. The number of aliphatic hydroxyl groups excluding tert-OH is 3. The van der Waals surface area contributed by atoms with E-state index in [0.29, 0.717) is 16.9 Å². The van der Waals surface area contributed by atoms with E-state index in [1.54, 1.807) is 37.3 Å². The van der Waals surface area contributed by atoms with Gasteiger partial charge in [0.25, 0.3) is 0 Å². The maximum atomic E-state index is 11.5. The summed E-state index contributed by atoms with van der Waals surface area (Å²) in [6.07, 6.45) is -3.24. The van der Waals surface area contributed by atoms with E-state index in [9.17, 15) is 23.7 Å². The molecule has 0 amide bonds. The van der Waals surface area contributed by atoms with E-state index in [1.807, 2.05) is 19.1 Å². The van der Waals surface area contributed by atoms with Crippen molar-refractivity contribution < 1.29 is 37.4 Å². The van der Waals surface area contributed by atoms with Crippen LogP contribution in [0.3, 0.4) is 0 Å². The zero-order valence-corrected chi connectivity index (χ0v) is 17.7. The van der Waals surface area contributed by atoms with Crippen LogP contribution in [0.25, 0.3) is 11.1 Å². The highest BCUT2D eigenvalue weighted by Gasteiger charge is 2.43. The fourth-order valence-corrected chi connectivity index (χ4v) is 3.84. The second-order valence-electron chi connectivity index (χ2n) is 7.44. The monoisotopic (exact) mass is 438 g/mol. The predicted molar refractivity (Wildman–Crippen MR) is 110 cm³/mol. The van der Waals surface area contributed by atoms with Crippen molar-refractivity contribution in [3.05, 3.63) is 48.0 Å². The highest BCUT2D eigenvalue weighted by Crippen LogP contribution is 2.37. The van der Waals surface area contributed by atoms with Crippen molar-refractivity contribution in [1.29, 1.82) is 0 Å². The van der Waals surface area contributed by atoms with Crippen molar-refractivity contribution >= 4 is 10.1 Å². The van der Waals surface area contributed by atoms with Crippen LogP contribution >= 0.6 is 0 Å². The number of para-hydroxylation sites is 1. The summed E-state index contributed by atoms with van der Waals surface area (Å²) in [5.41, 5.74) is 2.24. The van der Waals surface area contributed by atoms with Crippen LogP contribution in [0.15, 0.2) is 42.5 Å². The lowest BCUT2D eigenvalue weighted by Gasteiger charge is -2.40. The standard InChI is InChI=1S/C21H26O8S/c1-12-8-9-14(29-30(3,25)26)10-16(12)15-6-4-5-7-17(15)27-21-13(2)19(23)20(24)18(11-22)28-21/h4-10,13,18-24H,11H2,1-3H3/t13?,18?,19-,20+,21-/m1/s1. The van der Waals surface area contributed by atoms with E-state index >= 15 is 0 Å². The minimum atomic E-state index is -3.68. The summed E-state index contributed by atoms with van der Waals surface area (Å²) >= 11 is 0. The Balaban J connectivity index is 1.95. The highest BCUT2D eigenvalue weighted by atomic mass is 32.2. The van der Waals surface area contributed by atoms with E-state index < -0.39 is 47.2 Å². The molecule has 2 unspecified atom stereocenters. The molecule has 9 heteroatoms. The molecule has 8 nitrogen and oxygen atoms in total. The number of ether oxygens (including phenoxy) is 2. The Bertz CT molecular complexity index is 988. The Labute approximate surface area is 175 Å². The molecule has 0 saturated carbocycles. The first kappa shape index (κ1) is 22.5. The number of aliphatic hydroxyl groups is 3. The van der Waals surface area contributed by atoms with Gasteiger partial charge in [-0.3, -0.25) is 0 Å². The maximum absolute atomic E-state index is 11.5. The van der Waals surface area contributed by atoms with Gasteiger partial charge in [0.05, 0.1) is 19.0 Å². The molecule has 0 aromatic heterocycles. The molecule has 2 aromatic rings. The van der Waals surface area contributed by atoms with Crippen LogP contribution in [0.1, 0.15) is 12.5 Å². The van der Waals surface area contributed by atoms with Crippen LogP contribution in [0.2, 0.25) is 0 Å². The summed E-state index contributed by atoms with van der Waals surface area (Å²) in [5.74, 6) is 0.0557. The molecule has 1 aliphatic rings. The summed E-state index contributed by atoms with van der Waals surface area (Å²) < 4.78 is 39.7. The third-order valence-electron chi connectivity index (χ3n) is 5.06. The molecule has 1 heterocycles. The number of aryl methyl sites for hydroxylation is 1. The molecule has 0 bridgehead atoms. The van der Waals surface area contributed by atoms with Crippen molar-refractivity contribution in [2.24, 2.45) is 5.92 Å². The average Bonchev–Trinajstić information content (AvgIpc) is 2.69. The summed E-state index contributed by atoms with van der Waals surface area (Å²) in [5, 5.41) is 29.7. The van der Waals surface area contributed by atoms with Crippen molar-refractivity contribution in [3.63, 3.8) is 0 Å². The van der Waals surface area contributed by atoms with Gasteiger partial charge >= 0.3 is 10.1 Å². The van der Waals surface area contributed by atoms with Gasteiger partial charge in [0.2, 0.25) is 6.29 Å². The number of hydrogen-bond donors (Lipinski definition) is 3. The van der Waals surface area contributed by atoms with E-state index in [-0.39, 0.29) is 5.75 Å². The van der Waals surface area contributed by atoms with Gasteiger partial charge in [0, 0.05) is 11.5 Å². The van der Waals surface area contributed by atoms with Gasteiger partial charge in [0.15, 0.2) is 0 Å². The number of hydrogen-bond acceptors (Lipinski definition) is 8. The van der Waals surface area contributed by atoms with E-state index in [0.717, 1.165) is 11.8 Å². The Kier molecular flexibility index (Phi) is 6.68. The van der Waals surface area contributed by atoms with Crippen LogP contribution in [-0.4, -0.2) is 61.2 Å². The topological polar surface area (TPSA) is 123 Å². The fraction of sp³-hybridized carbons (Fsp3) is 0.429. The molecular weight excluding hydrogens is 412 g/mol. The molecule has 164 valence electrons. The van der Waals surface area contributed by atoms with Gasteiger partial charge in [-0.1, -0.05) is 31.2 Å². The molecule has 30 heavy (non-hydrogen) atoms. The lowest BCUT2D eigenvalue weighted by molar-refractivity contribution is -0.256. The summed E-state index contributed by atoms with van der Waals surface area (Å²) in [6.45, 7) is 3.09. The van der Waals surface area contributed by atoms with Gasteiger partial charge in [-0.05, 0) is 36.2 Å². The number of rotatable bonds is 6. The van der Waals surface area contributed by atoms with Crippen LogP contribution in [0.4, 0.5) is 0 Å². The van der Waals surface area contributed by atoms with Crippen LogP contribution in [0, 0.1) is 12.8 Å². The Morgan fingerprint density at radius 1 is 1.07 bits per heavy atom. The van der Waals surface area contributed by atoms with Crippen LogP contribution in [-0.2, 0) is 14.9 Å². The smallest absolute Gasteiger partial charge is 0.306 e. The third-order valence-corrected chi connectivity index (χ3v) is 5.56. The lowest BCUT2D eigenvalue weighted by atomic mass is 9.92. The summed E-state index contributed by atoms with van der Waals surface area (Å²) in [7, 11) is -3.68. The molecule has 0 spiro atoms. The third kappa shape index (κ3) is 4.93. The van der Waals surface area contributed by atoms with Gasteiger partial charge in [0.1, 0.15) is 23.7 Å². The lowest BCUT2D eigenvalue weighted by Crippen LogP contribution is -2.56. The molecule has 5 atom stereocenters. The second-order valence-corrected chi connectivity index (χ2v) is 9.02. The van der Waals surface area contributed by atoms with Crippen LogP contribution < -0.4 is 8.92 Å².